The molecule has 5 heteroatoms. The van der Waals surface area contributed by atoms with Crippen molar-refractivity contribution in [1.82, 2.24) is 0 Å². The first kappa shape index (κ1) is 10.4. The van der Waals surface area contributed by atoms with Gasteiger partial charge in [0, 0.05) is 10.0 Å². The molecular weight excluding hydrogens is 238 g/mol. The van der Waals surface area contributed by atoms with Gasteiger partial charge in [-0.2, -0.15) is 0 Å². The second kappa shape index (κ2) is 4.55. The third-order valence-electron chi connectivity index (χ3n) is 1.41. The Morgan fingerprint density at radius 2 is 2.08 bits per heavy atom. The van der Waals surface area contributed by atoms with Crippen LogP contribution in [0.15, 0.2) is 28.6 Å². The van der Waals surface area contributed by atoms with Crippen molar-refractivity contribution in [2.75, 3.05) is 0 Å². The molecule has 0 radical (unpaired) electrons. The minimum absolute atomic E-state index is 0.316. The van der Waals surface area contributed by atoms with Crippen LogP contribution in [0.3, 0.4) is 0 Å². The molecule has 0 heterocycles. The normalized spacial score (nSPS) is 10.8. The van der Waals surface area contributed by atoms with Crippen molar-refractivity contribution in [3.63, 3.8) is 0 Å². The number of rotatable bonds is 2. The van der Waals surface area contributed by atoms with Gasteiger partial charge in [-0.3, -0.25) is 0 Å². The van der Waals surface area contributed by atoms with Crippen LogP contribution < -0.4 is 0 Å². The van der Waals surface area contributed by atoms with E-state index in [4.69, 9.17) is 10.0 Å². The quantitative estimate of drug-likeness (QED) is 0.777. The topological polar surface area (TPSA) is 40.5 Å². The van der Waals surface area contributed by atoms with Crippen LogP contribution in [0.1, 0.15) is 5.56 Å². The van der Waals surface area contributed by atoms with E-state index in [1.165, 1.54) is 18.2 Å². The molecule has 0 aliphatic heterocycles. The number of hydrogen-bond donors (Lipinski definition) is 2. The molecule has 0 aliphatic carbocycles. The molecule has 0 spiro atoms. The molecule has 1 aromatic rings. The molecule has 0 saturated carbocycles. The Bertz CT molecular complexity index is 328. The molecule has 2 nitrogen and oxygen atoms in total. The fraction of sp³-hybridized carbons (Fsp3) is 0. The number of hydrogen-bond acceptors (Lipinski definition) is 2. The van der Waals surface area contributed by atoms with Gasteiger partial charge in [0.2, 0.25) is 0 Å². The average molecular weight is 245 g/mol. The van der Waals surface area contributed by atoms with E-state index in [2.05, 4.69) is 15.9 Å². The van der Waals surface area contributed by atoms with Crippen molar-refractivity contribution in [3.8, 4) is 0 Å². The summed E-state index contributed by atoms with van der Waals surface area (Å²) in [7, 11) is -1.55. The van der Waals surface area contributed by atoms with E-state index < -0.39 is 12.9 Å². The van der Waals surface area contributed by atoms with E-state index in [-0.39, 0.29) is 0 Å². The van der Waals surface area contributed by atoms with Gasteiger partial charge in [-0.1, -0.05) is 34.0 Å². The van der Waals surface area contributed by atoms with Crippen LogP contribution in [0.5, 0.6) is 0 Å². The maximum atomic E-state index is 13.1. The van der Waals surface area contributed by atoms with Gasteiger partial charge < -0.3 is 10.0 Å². The Hall–Kier alpha value is -0.645. The largest absolute Gasteiger partial charge is 0.480 e. The molecule has 2 N–H and O–H groups in total. The van der Waals surface area contributed by atoms with Crippen molar-refractivity contribution < 1.29 is 14.4 Å². The van der Waals surface area contributed by atoms with E-state index in [9.17, 15) is 4.39 Å². The highest BCUT2D eigenvalue weighted by molar-refractivity contribution is 9.10. The summed E-state index contributed by atoms with van der Waals surface area (Å²) in [5.41, 5.74) is 0.316. The van der Waals surface area contributed by atoms with E-state index in [0.29, 0.717) is 10.0 Å². The van der Waals surface area contributed by atoms with Gasteiger partial charge in [0.25, 0.3) is 0 Å². The summed E-state index contributed by atoms with van der Waals surface area (Å²) in [6.45, 7) is 0. The van der Waals surface area contributed by atoms with Crippen molar-refractivity contribution in [1.29, 1.82) is 0 Å². The zero-order valence-electron chi connectivity index (χ0n) is 6.61. The summed E-state index contributed by atoms with van der Waals surface area (Å²) in [6, 6.07) is 4.52. The molecule has 0 aliphatic rings. The lowest BCUT2D eigenvalue weighted by molar-refractivity contribution is 0.424. The van der Waals surface area contributed by atoms with Crippen molar-refractivity contribution in [3.05, 3.63) is 40.0 Å². The van der Waals surface area contributed by atoms with Crippen molar-refractivity contribution in [2.24, 2.45) is 0 Å². The first-order valence-electron chi connectivity index (χ1n) is 3.59. The van der Waals surface area contributed by atoms with Crippen molar-refractivity contribution >= 4 is 29.1 Å². The van der Waals surface area contributed by atoms with Gasteiger partial charge in [0.1, 0.15) is 5.82 Å². The average Bonchev–Trinajstić information content (AvgIpc) is 2.02. The van der Waals surface area contributed by atoms with E-state index >= 15 is 0 Å². The van der Waals surface area contributed by atoms with Gasteiger partial charge in [-0.15, -0.1) is 0 Å². The molecule has 68 valence electrons. The Balaban J connectivity index is 2.90. The van der Waals surface area contributed by atoms with Crippen LogP contribution in [0.2, 0.25) is 0 Å². The van der Waals surface area contributed by atoms with E-state index in [0.717, 1.165) is 5.98 Å². The molecule has 0 saturated heterocycles. The van der Waals surface area contributed by atoms with Gasteiger partial charge in [0.15, 0.2) is 0 Å². The summed E-state index contributed by atoms with van der Waals surface area (Å²) in [6.07, 6.45) is 1.31. The Morgan fingerprint density at radius 3 is 2.62 bits per heavy atom. The minimum Gasteiger partial charge on any atom is -0.424 e. The predicted octanol–water partition coefficient (Wildman–Crippen LogP) is 1.61. The Morgan fingerprint density at radius 1 is 1.38 bits per heavy atom. The van der Waals surface area contributed by atoms with E-state index in [1.54, 1.807) is 6.07 Å². The lowest BCUT2D eigenvalue weighted by atomic mass is 9.91. The molecule has 13 heavy (non-hydrogen) atoms. The van der Waals surface area contributed by atoms with Crippen LogP contribution in [0.4, 0.5) is 4.39 Å². The fourth-order valence-electron chi connectivity index (χ4n) is 0.826. The minimum atomic E-state index is -1.55. The van der Waals surface area contributed by atoms with Crippen LogP contribution in [0, 0.1) is 5.82 Å². The van der Waals surface area contributed by atoms with Gasteiger partial charge in [0.05, 0.1) is 0 Å². The highest BCUT2D eigenvalue weighted by Crippen LogP contribution is 2.16. The summed E-state index contributed by atoms with van der Waals surface area (Å²) in [5.74, 6) is 0.679. The second-order valence-electron chi connectivity index (χ2n) is 2.44. The van der Waals surface area contributed by atoms with Crippen LogP contribution in [-0.4, -0.2) is 17.2 Å². The molecule has 0 amide bonds. The molecular formula is C8H7BBrFO2. The number of benzene rings is 1. The lowest BCUT2D eigenvalue weighted by Crippen LogP contribution is -2.05. The van der Waals surface area contributed by atoms with Crippen LogP contribution in [0.25, 0.3) is 6.08 Å². The molecule has 1 aromatic carbocycles. The molecule has 0 bridgehead atoms. The smallest absolute Gasteiger partial charge is 0.424 e. The van der Waals surface area contributed by atoms with Crippen molar-refractivity contribution in [2.45, 2.75) is 0 Å². The first-order chi connectivity index (χ1) is 6.09. The zero-order chi connectivity index (χ0) is 9.84. The molecule has 0 fully saturated rings. The summed E-state index contributed by atoms with van der Waals surface area (Å²) in [4.78, 5) is 0. The summed E-state index contributed by atoms with van der Waals surface area (Å²) in [5, 5.41) is 17.0. The lowest BCUT2D eigenvalue weighted by Gasteiger charge is -1.96. The van der Waals surface area contributed by atoms with Gasteiger partial charge in [-0.05, 0) is 12.1 Å². The Kier molecular flexibility index (Phi) is 3.65. The summed E-state index contributed by atoms with van der Waals surface area (Å²) >= 11 is 3.11. The van der Waals surface area contributed by atoms with Crippen LogP contribution in [-0.2, 0) is 0 Å². The monoisotopic (exact) mass is 244 g/mol. The summed E-state index contributed by atoms with van der Waals surface area (Å²) < 4.78 is 13.7. The first-order valence-corrected chi connectivity index (χ1v) is 4.38. The molecule has 0 unspecified atom stereocenters. The van der Waals surface area contributed by atoms with Crippen LogP contribution >= 0.6 is 15.9 Å². The Labute approximate surface area is 84.0 Å². The van der Waals surface area contributed by atoms with E-state index in [1.807, 2.05) is 0 Å². The number of halogens is 2. The van der Waals surface area contributed by atoms with Gasteiger partial charge in [-0.25, -0.2) is 4.39 Å². The highest BCUT2D eigenvalue weighted by Gasteiger charge is 2.02. The maximum absolute atomic E-state index is 13.1. The predicted molar refractivity (Wildman–Crippen MR) is 53.3 cm³/mol. The maximum Gasteiger partial charge on any atom is 0.480 e. The SMILES string of the molecule is OB(O)/C=C/c1ccc(Br)cc1F. The third-order valence-corrected chi connectivity index (χ3v) is 1.90. The fourth-order valence-corrected chi connectivity index (χ4v) is 1.16. The molecule has 0 atom stereocenters. The zero-order valence-corrected chi connectivity index (χ0v) is 8.20. The van der Waals surface area contributed by atoms with Gasteiger partial charge >= 0.3 is 7.12 Å². The molecule has 0 aromatic heterocycles. The third kappa shape index (κ3) is 3.30. The highest BCUT2D eigenvalue weighted by atomic mass is 79.9. The molecule has 1 rings (SSSR count). The second-order valence-corrected chi connectivity index (χ2v) is 3.35. The standard InChI is InChI=1S/C8H7BBrFO2/c10-7-2-1-6(8(11)5-7)3-4-9(12)13/h1-5,12-13H/b4-3+.